The minimum absolute atomic E-state index is 0.0168. The standard InChI is InChI=1S/C69H81NO12Si/c1-69(2,3)83(4,5)80-49-59-62(75-43-53-31-17-8-18-32-53)64(61(71)58(48-73-41-51-27-13-6-14-28-51)70(59)68(72)79-47-57-39-25-12-26-40-57)82-67-66(78-46-56-37-23-11-24-38-56)65(77-45-55-35-21-10-22-36-55)63(76-44-54-33-19-9-20-34-54)60(81-67)50-74-42-52-29-15-7-16-30-52/h6-40,58-67,71H,41-50H2,1-5H3/t58-,59+,60+,61+,62+,63+,64+,65-,66+,67+/m0/s1. The molecular formula is C69H81NO12Si. The smallest absolute Gasteiger partial charge is 0.410 e. The normalized spacial score (nSPS) is 22.9. The number of hydrogen-bond donors (Lipinski definition) is 1. The molecule has 7 aromatic rings. The quantitative estimate of drug-likeness (QED) is 0.0492. The molecule has 0 spiro atoms. The molecule has 0 saturated carbocycles. The zero-order valence-corrected chi connectivity index (χ0v) is 49.4. The van der Waals surface area contributed by atoms with Gasteiger partial charge in [-0.1, -0.05) is 233 Å². The monoisotopic (exact) mass is 1140 g/mol. The second-order valence-electron chi connectivity index (χ2n) is 22.8. The van der Waals surface area contributed by atoms with Gasteiger partial charge in [0.05, 0.1) is 71.5 Å². The molecule has 83 heavy (non-hydrogen) atoms. The van der Waals surface area contributed by atoms with Crippen LogP contribution < -0.4 is 0 Å². The first-order valence-corrected chi connectivity index (χ1v) is 31.8. The lowest BCUT2D eigenvalue weighted by Crippen LogP contribution is -2.72. The van der Waals surface area contributed by atoms with Crippen LogP contribution in [0.1, 0.15) is 59.7 Å². The van der Waals surface area contributed by atoms with E-state index in [-0.39, 0.29) is 64.5 Å². The molecule has 2 fully saturated rings. The van der Waals surface area contributed by atoms with Crippen molar-refractivity contribution in [1.82, 2.24) is 4.90 Å². The fourth-order valence-electron chi connectivity index (χ4n) is 10.1. The van der Waals surface area contributed by atoms with Crippen LogP contribution in [0.3, 0.4) is 0 Å². The van der Waals surface area contributed by atoms with Gasteiger partial charge in [-0.05, 0) is 57.1 Å². The third-order valence-electron chi connectivity index (χ3n) is 15.8. The van der Waals surface area contributed by atoms with Crippen LogP contribution in [-0.2, 0) is 93.3 Å². The first-order valence-electron chi connectivity index (χ1n) is 28.9. The second kappa shape index (κ2) is 30.4. The number of hydrogen-bond acceptors (Lipinski definition) is 12. The molecule has 7 aromatic carbocycles. The molecule has 10 atom stereocenters. The van der Waals surface area contributed by atoms with Crippen molar-refractivity contribution in [2.75, 3.05) is 19.8 Å². The SMILES string of the molecule is CC(C)(C)[Si](C)(C)OC[C@@H]1[C@@H](OCc2ccccc2)[C@H](O[C@H]2O[C@H](COCc3ccccc3)[C@@H](OCc3ccccc3)[C@H](OCc3ccccc3)[C@H]2OCc2ccccc2)[C@H](O)[C@H](COCc2ccccc2)N1C(=O)OCc1ccccc1. The lowest BCUT2D eigenvalue weighted by Gasteiger charge is -2.53. The van der Waals surface area contributed by atoms with Gasteiger partial charge >= 0.3 is 6.09 Å². The predicted octanol–water partition coefficient (Wildman–Crippen LogP) is 12.6. The number of benzene rings is 7. The van der Waals surface area contributed by atoms with Crippen molar-refractivity contribution in [3.8, 4) is 0 Å². The van der Waals surface area contributed by atoms with Crippen LogP contribution in [-0.4, -0.2) is 105 Å². The Hall–Kier alpha value is -6.37. The van der Waals surface area contributed by atoms with E-state index in [1.165, 1.54) is 0 Å². The van der Waals surface area contributed by atoms with E-state index < -0.39 is 75.5 Å². The Labute approximate surface area is 491 Å². The number of rotatable bonds is 27. The van der Waals surface area contributed by atoms with Crippen molar-refractivity contribution in [3.63, 3.8) is 0 Å². The number of aliphatic hydroxyl groups is 1. The van der Waals surface area contributed by atoms with Crippen LogP contribution >= 0.6 is 0 Å². The van der Waals surface area contributed by atoms with E-state index in [0.717, 1.165) is 38.9 Å². The summed E-state index contributed by atoms with van der Waals surface area (Å²) < 4.78 is 69.8. The molecule has 9 rings (SSSR count). The topological polar surface area (TPSA) is 133 Å². The zero-order valence-electron chi connectivity index (χ0n) is 48.4. The van der Waals surface area contributed by atoms with Gasteiger partial charge in [-0.2, -0.15) is 0 Å². The number of nitrogens with zero attached hydrogens (tertiary/aromatic N) is 1. The summed E-state index contributed by atoms with van der Waals surface area (Å²) in [7, 11) is -2.56. The highest BCUT2D eigenvalue weighted by atomic mass is 28.4. The fourth-order valence-corrected chi connectivity index (χ4v) is 11.2. The molecule has 0 radical (unpaired) electrons. The average Bonchev–Trinajstić information content (AvgIpc) is 3.68. The minimum Gasteiger partial charge on any atom is -0.445 e. The Bertz CT molecular complexity index is 2950. The van der Waals surface area contributed by atoms with E-state index >= 15 is 4.79 Å². The lowest BCUT2D eigenvalue weighted by atomic mass is 9.87. The van der Waals surface area contributed by atoms with E-state index in [0.29, 0.717) is 6.61 Å². The molecule has 0 aliphatic carbocycles. The van der Waals surface area contributed by atoms with Crippen molar-refractivity contribution < 1.29 is 57.0 Å². The molecule has 1 amide bonds. The third kappa shape index (κ3) is 17.4. The summed E-state index contributed by atoms with van der Waals surface area (Å²) in [5, 5.41) is 13.3. The molecule has 0 bridgehead atoms. The van der Waals surface area contributed by atoms with Crippen LogP contribution in [0.4, 0.5) is 4.79 Å². The van der Waals surface area contributed by atoms with Gasteiger partial charge in [-0.25, -0.2) is 4.79 Å². The summed E-state index contributed by atoms with van der Waals surface area (Å²) in [5.41, 5.74) is 6.39. The van der Waals surface area contributed by atoms with E-state index in [4.69, 9.17) is 47.1 Å². The Balaban J connectivity index is 1.16. The van der Waals surface area contributed by atoms with E-state index in [1.54, 1.807) is 4.90 Å². The summed E-state index contributed by atoms with van der Waals surface area (Å²) in [6, 6.07) is 67.0. The van der Waals surface area contributed by atoms with E-state index in [9.17, 15) is 5.11 Å². The zero-order chi connectivity index (χ0) is 57.9. The van der Waals surface area contributed by atoms with Crippen LogP contribution in [0.25, 0.3) is 0 Å². The van der Waals surface area contributed by atoms with Crippen molar-refractivity contribution in [1.29, 1.82) is 0 Å². The maximum Gasteiger partial charge on any atom is 0.410 e. The van der Waals surface area contributed by atoms with Gasteiger partial charge < -0.3 is 52.2 Å². The molecule has 2 aliphatic rings. The minimum atomic E-state index is -2.56. The number of ether oxygens (including phenoxy) is 9. The summed E-state index contributed by atoms with van der Waals surface area (Å²) in [4.78, 5) is 16.8. The van der Waals surface area contributed by atoms with Gasteiger partial charge in [-0.3, -0.25) is 4.90 Å². The van der Waals surface area contributed by atoms with Gasteiger partial charge in [0.2, 0.25) is 0 Å². The third-order valence-corrected chi connectivity index (χ3v) is 20.3. The molecule has 1 N–H and O–H groups in total. The van der Waals surface area contributed by atoms with Gasteiger partial charge in [-0.15, -0.1) is 0 Å². The predicted molar refractivity (Wildman–Crippen MR) is 321 cm³/mol. The molecule has 2 aliphatic heterocycles. The summed E-state index contributed by atoms with van der Waals surface area (Å²) >= 11 is 0. The van der Waals surface area contributed by atoms with Crippen molar-refractivity contribution in [2.45, 2.75) is 146 Å². The summed E-state index contributed by atoms with van der Waals surface area (Å²) in [6.45, 7) is 12.0. The Morgan fingerprint density at radius 1 is 0.446 bits per heavy atom. The van der Waals surface area contributed by atoms with E-state index in [1.807, 2.05) is 212 Å². The highest BCUT2D eigenvalue weighted by Crippen LogP contribution is 2.40. The van der Waals surface area contributed by atoms with Crippen LogP contribution in [0.5, 0.6) is 0 Å². The summed E-state index contributed by atoms with van der Waals surface area (Å²) in [5.74, 6) is 0. The van der Waals surface area contributed by atoms with Gasteiger partial charge in [0.25, 0.3) is 0 Å². The first-order chi connectivity index (χ1) is 40.4. The number of carbonyl (C=O) groups is 1. The number of amides is 1. The van der Waals surface area contributed by atoms with Crippen molar-refractivity contribution in [2.24, 2.45) is 0 Å². The van der Waals surface area contributed by atoms with Crippen molar-refractivity contribution >= 4 is 14.4 Å². The molecular weight excluding hydrogens is 1060 g/mol. The highest BCUT2D eigenvalue weighted by Gasteiger charge is 2.57. The maximum absolute atomic E-state index is 15.3. The van der Waals surface area contributed by atoms with Gasteiger partial charge in [0, 0.05) is 0 Å². The van der Waals surface area contributed by atoms with Gasteiger partial charge in [0.15, 0.2) is 14.6 Å². The largest absolute Gasteiger partial charge is 0.445 e. The average molecular weight is 1140 g/mol. The lowest BCUT2D eigenvalue weighted by molar-refractivity contribution is -0.353. The summed E-state index contributed by atoms with van der Waals surface area (Å²) in [6.07, 6.45) is -9.08. The first kappa shape index (κ1) is 61.2. The van der Waals surface area contributed by atoms with Crippen LogP contribution in [0, 0.1) is 0 Å². The highest BCUT2D eigenvalue weighted by molar-refractivity contribution is 6.74. The van der Waals surface area contributed by atoms with Gasteiger partial charge in [0.1, 0.15) is 49.3 Å². The number of piperidine rings is 1. The molecule has 0 unspecified atom stereocenters. The molecule has 0 aromatic heterocycles. The maximum atomic E-state index is 15.3. The molecule has 438 valence electrons. The van der Waals surface area contributed by atoms with E-state index in [2.05, 4.69) is 33.9 Å². The number of aliphatic hydroxyl groups excluding tert-OH is 1. The molecule has 2 heterocycles. The number of likely N-dealkylation sites (tertiary alicyclic amines) is 1. The molecule has 2 saturated heterocycles. The Morgan fingerprint density at radius 3 is 1.23 bits per heavy atom. The second-order valence-corrected chi connectivity index (χ2v) is 27.6. The Morgan fingerprint density at radius 2 is 0.807 bits per heavy atom. The Kier molecular flexibility index (Phi) is 22.4. The number of carbonyl (C=O) groups excluding carboxylic acids is 1. The van der Waals surface area contributed by atoms with Crippen molar-refractivity contribution in [3.05, 3.63) is 251 Å². The fraction of sp³-hybridized carbons (Fsp3) is 0.377. The van der Waals surface area contributed by atoms with Crippen LogP contribution in [0.2, 0.25) is 18.1 Å². The molecule has 14 heteroatoms. The molecule has 13 nitrogen and oxygen atoms in total. The van der Waals surface area contributed by atoms with Crippen LogP contribution in [0.15, 0.2) is 212 Å².